The first-order chi connectivity index (χ1) is 47.2. The fourth-order valence-corrected chi connectivity index (χ4v) is 16.6. The van der Waals surface area contributed by atoms with Crippen LogP contribution in [0.25, 0.3) is 39.2 Å². The molecule has 19 rings (SSSR count). The third-order valence-electron chi connectivity index (χ3n) is 19.2. The van der Waals surface area contributed by atoms with Gasteiger partial charge in [0.25, 0.3) is 6.71 Å². The van der Waals surface area contributed by atoms with Gasteiger partial charge in [0.1, 0.15) is 17.3 Å². The minimum atomic E-state index is -0.249. The highest BCUT2D eigenvalue weighted by molar-refractivity contribution is 8.00. The number of hydrogen-bond acceptors (Lipinski definition) is 7. The molecule has 0 atom stereocenters. The molecule has 0 bridgehead atoms. The average Bonchev–Trinajstić information content (AvgIpc) is 0.936. The van der Waals surface area contributed by atoms with Crippen LogP contribution < -0.4 is 57.1 Å². The predicted octanol–water partition coefficient (Wildman–Crippen LogP) is 18.5. The Kier molecular flexibility index (Phi) is 12.9. The van der Waals surface area contributed by atoms with Gasteiger partial charge in [0, 0.05) is 95.2 Å². The number of ether oxygens (including phenoxy) is 1. The molecule has 444 valence electrons. The van der Waals surface area contributed by atoms with E-state index in [4.69, 9.17) is 9.72 Å². The highest BCUT2D eigenvalue weighted by Gasteiger charge is 2.48. The lowest BCUT2D eigenvalue weighted by molar-refractivity contribution is 0.488. The molecule has 0 amide bonds. The topological polar surface area (TPSA) is 40.0 Å². The summed E-state index contributed by atoms with van der Waals surface area (Å²) < 4.78 is 10.5. The summed E-state index contributed by atoms with van der Waals surface area (Å²) in [5, 5.41) is 0. The van der Waals surface area contributed by atoms with Crippen LogP contribution in [0, 0.1) is 0 Å². The second-order valence-corrected chi connectivity index (χ2v) is 25.6. The van der Waals surface area contributed by atoms with E-state index < -0.39 is 0 Å². The molecular weight excluding hydrogens is 1170 g/mol. The van der Waals surface area contributed by atoms with E-state index in [1.165, 1.54) is 26.7 Å². The molecule has 5 heterocycles. The minimum absolute atomic E-state index is 0.191. The third kappa shape index (κ3) is 8.90. The van der Waals surface area contributed by atoms with Crippen LogP contribution in [0.4, 0.5) is 68.2 Å². The van der Waals surface area contributed by atoms with Gasteiger partial charge in [-0.2, -0.15) is 0 Å². The molecular formula is C85H56B2N6OS. The van der Waals surface area contributed by atoms with Crippen molar-refractivity contribution in [2.45, 2.75) is 9.79 Å². The van der Waals surface area contributed by atoms with Gasteiger partial charge in [-0.1, -0.05) is 223 Å². The number of hydrogen-bond donors (Lipinski definition) is 0. The Balaban J connectivity index is 0.931. The van der Waals surface area contributed by atoms with Crippen LogP contribution in [0.2, 0.25) is 0 Å². The molecule has 95 heavy (non-hydrogen) atoms. The molecule has 0 spiro atoms. The fourth-order valence-electron chi connectivity index (χ4n) is 15.2. The zero-order valence-corrected chi connectivity index (χ0v) is 52.3. The fraction of sp³-hybridized carbons (Fsp3) is 0. The van der Waals surface area contributed by atoms with Gasteiger partial charge in [0.15, 0.2) is 0 Å². The Morgan fingerprint density at radius 2 is 0.779 bits per heavy atom. The van der Waals surface area contributed by atoms with Crippen LogP contribution in [0.5, 0.6) is 11.5 Å². The summed E-state index contributed by atoms with van der Waals surface area (Å²) in [6.07, 6.45) is 0. The van der Waals surface area contributed by atoms with E-state index in [9.17, 15) is 0 Å². The van der Waals surface area contributed by atoms with E-state index >= 15 is 0 Å². The van der Waals surface area contributed by atoms with Crippen molar-refractivity contribution in [2.24, 2.45) is 0 Å². The Morgan fingerprint density at radius 3 is 1.31 bits per heavy atom. The molecule has 14 aromatic carbocycles. The molecule has 4 aliphatic heterocycles. The lowest BCUT2D eigenvalue weighted by Gasteiger charge is -2.44. The smallest absolute Gasteiger partial charge is 0.256 e. The zero-order chi connectivity index (χ0) is 62.5. The van der Waals surface area contributed by atoms with Crippen LogP contribution in [0.3, 0.4) is 0 Å². The normalized spacial score (nSPS) is 12.8. The number of rotatable bonds is 11. The number of benzene rings is 14. The molecule has 1 aromatic heterocycles. The van der Waals surface area contributed by atoms with Gasteiger partial charge in [-0.25, -0.2) is 4.98 Å². The van der Waals surface area contributed by atoms with E-state index in [1.54, 1.807) is 0 Å². The molecule has 0 radical (unpaired) electrons. The van der Waals surface area contributed by atoms with Crippen molar-refractivity contribution in [1.82, 2.24) is 9.55 Å². The molecule has 0 saturated heterocycles. The Bertz CT molecular complexity index is 5120. The van der Waals surface area contributed by atoms with Crippen molar-refractivity contribution >= 4 is 137 Å². The van der Waals surface area contributed by atoms with E-state index in [0.29, 0.717) is 0 Å². The number of nitrogens with zero attached hydrogens (tertiary/aromatic N) is 6. The van der Waals surface area contributed by atoms with E-state index in [-0.39, 0.29) is 13.4 Å². The van der Waals surface area contributed by atoms with Crippen molar-refractivity contribution in [3.8, 4) is 39.7 Å². The average molecular weight is 1230 g/mol. The van der Waals surface area contributed by atoms with Crippen molar-refractivity contribution < 1.29 is 4.74 Å². The standard InChI is InChI=1S/C85H56B2N6OS/c1-9-29-57(30-10-1)85-88-72-50-49-58(51-75(72)93(85)65-43-23-8-24-44-65)80-83-70(86-68-45-25-27-47-73(68)91(63-39-19-6-20-40-63)76-52-66(54-78(94-83)81(76)86)89(59-31-11-2-12-32-59)60-33-13-3-14-34-60)56-71-84(80)95-79-55-67(90(61-35-15-4-16-36-61)62-37-17-5-18-38-62)53-77-82(79)87(71)69-46-26-28-48-74(69)92(77)64-41-21-7-22-42-64/h1-56H. The second-order valence-electron chi connectivity index (χ2n) is 24.6. The summed E-state index contributed by atoms with van der Waals surface area (Å²) >= 11 is 1.87. The lowest BCUT2D eigenvalue weighted by Crippen LogP contribution is -2.63. The van der Waals surface area contributed by atoms with Crippen molar-refractivity contribution in [2.75, 3.05) is 19.6 Å². The maximum atomic E-state index is 8.15. The third-order valence-corrected chi connectivity index (χ3v) is 20.4. The highest BCUT2D eigenvalue weighted by atomic mass is 32.2. The molecule has 0 fully saturated rings. The summed E-state index contributed by atoms with van der Waals surface area (Å²) in [4.78, 5) is 17.5. The van der Waals surface area contributed by atoms with Crippen LogP contribution in [-0.2, 0) is 0 Å². The molecule has 0 aliphatic carbocycles. The van der Waals surface area contributed by atoms with E-state index in [0.717, 1.165) is 135 Å². The van der Waals surface area contributed by atoms with E-state index in [2.05, 4.69) is 364 Å². The summed E-state index contributed by atoms with van der Waals surface area (Å²) in [6.45, 7) is -0.440. The molecule has 15 aromatic rings. The maximum Gasteiger partial charge on any atom is 0.256 e. The van der Waals surface area contributed by atoms with Crippen LogP contribution in [0.1, 0.15) is 0 Å². The number of anilines is 12. The Labute approximate surface area is 556 Å². The van der Waals surface area contributed by atoms with Crippen molar-refractivity contribution in [3.05, 3.63) is 340 Å². The van der Waals surface area contributed by atoms with Crippen molar-refractivity contribution in [3.63, 3.8) is 0 Å². The van der Waals surface area contributed by atoms with Crippen molar-refractivity contribution in [1.29, 1.82) is 0 Å². The summed E-state index contributed by atoms with van der Waals surface area (Å²) in [5.41, 5.74) is 26.1. The highest BCUT2D eigenvalue weighted by Crippen LogP contribution is 2.53. The van der Waals surface area contributed by atoms with Gasteiger partial charge < -0.3 is 24.3 Å². The first-order valence-corrected chi connectivity index (χ1v) is 33.2. The largest absolute Gasteiger partial charge is 0.458 e. The molecule has 0 N–H and O–H groups in total. The summed E-state index contributed by atoms with van der Waals surface area (Å²) in [7, 11) is 0. The lowest BCUT2D eigenvalue weighted by atomic mass is 9.31. The summed E-state index contributed by atoms with van der Waals surface area (Å²) in [6, 6.07) is 123. The van der Waals surface area contributed by atoms with Gasteiger partial charge in [-0.15, -0.1) is 0 Å². The van der Waals surface area contributed by atoms with Crippen LogP contribution in [-0.4, -0.2) is 23.0 Å². The van der Waals surface area contributed by atoms with Gasteiger partial charge in [0.2, 0.25) is 6.71 Å². The minimum Gasteiger partial charge on any atom is -0.458 e. The first kappa shape index (κ1) is 54.7. The van der Waals surface area contributed by atoms with Crippen LogP contribution in [0.15, 0.2) is 350 Å². The first-order valence-electron chi connectivity index (χ1n) is 32.4. The van der Waals surface area contributed by atoms with Gasteiger partial charge in [0.05, 0.1) is 16.7 Å². The number of para-hydroxylation sites is 9. The maximum absolute atomic E-state index is 8.15. The quantitative estimate of drug-likeness (QED) is 0.120. The molecule has 7 nitrogen and oxygen atoms in total. The number of imidazole rings is 1. The molecule has 10 heteroatoms. The van der Waals surface area contributed by atoms with Gasteiger partial charge >= 0.3 is 0 Å². The SMILES string of the molecule is c1ccc(-c2nc3ccc(-c4c5c(cc6c4Sc4cc(N(c7ccccc7)c7ccccc7)cc7c4B6c4ccccc4N7c4ccccc4)B4c6ccccc6N(c6ccccc6)c6cc(N(c7ccccc7)c7ccccc7)cc(c64)O5)cc3n2-c2ccccc2)cc1. The zero-order valence-electron chi connectivity index (χ0n) is 51.5. The second kappa shape index (κ2) is 22.4. The predicted molar refractivity (Wildman–Crippen MR) is 397 cm³/mol. The molecule has 4 aliphatic rings. The Morgan fingerprint density at radius 1 is 0.337 bits per heavy atom. The number of fused-ring (bicyclic) bond motifs is 9. The number of aromatic nitrogens is 2. The monoisotopic (exact) mass is 1230 g/mol. The molecule has 0 saturated carbocycles. The van der Waals surface area contributed by atoms with Crippen LogP contribution >= 0.6 is 11.8 Å². The van der Waals surface area contributed by atoms with E-state index in [1.807, 2.05) is 11.8 Å². The summed E-state index contributed by atoms with van der Waals surface area (Å²) in [5.74, 6) is 2.52. The Hall–Kier alpha value is -12.0. The van der Waals surface area contributed by atoms with Gasteiger partial charge in [-0.05, 0) is 160 Å². The van der Waals surface area contributed by atoms with Gasteiger partial charge in [-0.3, -0.25) is 4.57 Å². The molecule has 0 unspecified atom stereocenters.